The third-order valence-corrected chi connectivity index (χ3v) is 4.87. The summed E-state index contributed by atoms with van der Waals surface area (Å²) in [6.45, 7) is 3.44. The molecule has 1 aromatic heterocycles. The topological polar surface area (TPSA) is 90.5 Å². The van der Waals surface area contributed by atoms with E-state index in [2.05, 4.69) is 5.10 Å². The second-order valence-corrected chi connectivity index (χ2v) is 7.06. The molecule has 8 nitrogen and oxygen atoms in total. The molecule has 3 rings (SSSR count). The molecule has 1 heterocycles. The Hall–Kier alpha value is -3.39. The Labute approximate surface area is 178 Å². The number of aromatic nitrogens is 2. The van der Waals surface area contributed by atoms with Gasteiger partial charge in [0.2, 0.25) is 0 Å². The van der Waals surface area contributed by atoms with Crippen molar-refractivity contribution in [3.8, 4) is 5.75 Å². The van der Waals surface area contributed by atoms with Crippen molar-refractivity contribution >= 4 is 23.2 Å². The van der Waals surface area contributed by atoms with Gasteiger partial charge in [-0.3, -0.25) is 19.6 Å². The Kier molecular flexibility index (Phi) is 6.68. The molecule has 0 atom stereocenters. The Morgan fingerprint density at radius 2 is 1.97 bits per heavy atom. The number of non-ortho nitro benzene ring substituents is 1. The highest BCUT2D eigenvalue weighted by atomic mass is 35.5. The number of nitro groups is 1. The van der Waals surface area contributed by atoms with Gasteiger partial charge in [-0.1, -0.05) is 23.7 Å². The summed E-state index contributed by atoms with van der Waals surface area (Å²) in [5, 5.41) is 15.2. The molecule has 0 saturated heterocycles. The number of amides is 1. The van der Waals surface area contributed by atoms with E-state index < -0.39 is 4.92 Å². The van der Waals surface area contributed by atoms with E-state index in [4.69, 9.17) is 16.3 Å². The number of benzene rings is 2. The minimum atomic E-state index is -0.515. The Morgan fingerprint density at radius 3 is 2.60 bits per heavy atom. The largest absolute Gasteiger partial charge is 0.487 e. The van der Waals surface area contributed by atoms with Crippen LogP contribution in [0.4, 0.5) is 5.69 Å². The molecular weight excluding hydrogens is 408 g/mol. The minimum Gasteiger partial charge on any atom is -0.487 e. The van der Waals surface area contributed by atoms with Crippen molar-refractivity contribution in [2.75, 3.05) is 7.05 Å². The van der Waals surface area contributed by atoms with Crippen LogP contribution in [0.5, 0.6) is 5.75 Å². The van der Waals surface area contributed by atoms with Crippen molar-refractivity contribution in [1.29, 1.82) is 0 Å². The van der Waals surface area contributed by atoms with Crippen molar-refractivity contribution in [1.82, 2.24) is 14.7 Å². The first-order valence-corrected chi connectivity index (χ1v) is 9.68. The van der Waals surface area contributed by atoms with E-state index in [1.54, 1.807) is 42.4 Å². The molecule has 0 bridgehead atoms. The van der Waals surface area contributed by atoms with Crippen molar-refractivity contribution in [3.63, 3.8) is 0 Å². The van der Waals surface area contributed by atoms with E-state index in [9.17, 15) is 14.9 Å². The standard InChI is InChI=1S/C21H21ClN4O4/c1-3-25-18(10-11-23-25)13-24(2)21(27)16-6-4-15(5-7-16)14-30-20-9-8-17(26(28)29)12-19(20)22/h4-12H,3,13-14H2,1-2H3. The maximum atomic E-state index is 12.7. The maximum Gasteiger partial charge on any atom is 0.271 e. The van der Waals surface area contributed by atoms with Gasteiger partial charge in [-0.05, 0) is 36.8 Å². The van der Waals surface area contributed by atoms with Crippen LogP contribution in [0.3, 0.4) is 0 Å². The summed E-state index contributed by atoms with van der Waals surface area (Å²) in [4.78, 5) is 24.6. The third-order valence-electron chi connectivity index (χ3n) is 4.57. The average molecular weight is 429 g/mol. The van der Waals surface area contributed by atoms with Crippen molar-refractivity contribution in [2.45, 2.75) is 26.6 Å². The number of hydrogen-bond acceptors (Lipinski definition) is 5. The Morgan fingerprint density at radius 1 is 1.23 bits per heavy atom. The molecule has 0 saturated carbocycles. The van der Waals surface area contributed by atoms with Gasteiger partial charge in [0.05, 0.1) is 22.2 Å². The lowest BCUT2D eigenvalue weighted by molar-refractivity contribution is -0.384. The number of rotatable bonds is 8. The molecule has 0 N–H and O–H groups in total. The van der Waals surface area contributed by atoms with Crippen LogP contribution >= 0.6 is 11.6 Å². The number of carbonyl (C=O) groups is 1. The maximum absolute atomic E-state index is 12.7. The Balaban J connectivity index is 1.60. The van der Waals surface area contributed by atoms with Gasteiger partial charge in [0.25, 0.3) is 11.6 Å². The number of hydrogen-bond donors (Lipinski definition) is 0. The first-order valence-electron chi connectivity index (χ1n) is 9.31. The fraction of sp³-hybridized carbons (Fsp3) is 0.238. The van der Waals surface area contributed by atoms with Gasteiger partial charge in [-0.2, -0.15) is 5.10 Å². The van der Waals surface area contributed by atoms with Crippen LogP contribution in [0.15, 0.2) is 54.7 Å². The molecular formula is C21H21ClN4O4. The van der Waals surface area contributed by atoms with Crippen LogP contribution in [0.1, 0.15) is 28.5 Å². The zero-order chi connectivity index (χ0) is 21.7. The van der Waals surface area contributed by atoms with E-state index in [0.717, 1.165) is 17.8 Å². The van der Waals surface area contributed by atoms with Crippen molar-refractivity contribution in [2.24, 2.45) is 0 Å². The molecule has 9 heteroatoms. The van der Waals surface area contributed by atoms with Crippen LogP contribution in [-0.4, -0.2) is 32.6 Å². The molecule has 0 spiro atoms. The van der Waals surface area contributed by atoms with Crippen LogP contribution < -0.4 is 4.74 Å². The second-order valence-electron chi connectivity index (χ2n) is 6.66. The highest BCUT2D eigenvalue weighted by Crippen LogP contribution is 2.29. The Bertz CT molecular complexity index is 1050. The SMILES string of the molecule is CCn1nccc1CN(C)C(=O)c1ccc(COc2ccc([N+](=O)[O-])cc2Cl)cc1. The molecule has 0 aliphatic rings. The zero-order valence-corrected chi connectivity index (χ0v) is 17.4. The van der Waals surface area contributed by atoms with E-state index in [1.165, 1.54) is 18.2 Å². The van der Waals surface area contributed by atoms with Crippen molar-refractivity contribution in [3.05, 3.63) is 86.7 Å². The molecule has 0 aliphatic heterocycles. The molecule has 30 heavy (non-hydrogen) atoms. The van der Waals surface area contributed by atoms with Gasteiger partial charge in [0.1, 0.15) is 12.4 Å². The monoisotopic (exact) mass is 428 g/mol. The smallest absolute Gasteiger partial charge is 0.271 e. The molecule has 1 amide bonds. The van der Waals surface area contributed by atoms with E-state index >= 15 is 0 Å². The number of ether oxygens (including phenoxy) is 1. The lowest BCUT2D eigenvalue weighted by Crippen LogP contribution is -2.27. The minimum absolute atomic E-state index is 0.0928. The lowest BCUT2D eigenvalue weighted by atomic mass is 10.1. The van der Waals surface area contributed by atoms with Crippen LogP contribution in [0, 0.1) is 10.1 Å². The number of aryl methyl sites for hydroxylation is 1. The quantitative estimate of drug-likeness (QED) is 0.393. The van der Waals surface area contributed by atoms with Gasteiger partial charge in [0.15, 0.2) is 0 Å². The van der Waals surface area contributed by atoms with Gasteiger partial charge < -0.3 is 9.64 Å². The normalized spacial score (nSPS) is 10.6. The van der Waals surface area contributed by atoms with E-state index in [-0.39, 0.29) is 23.2 Å². The number of nitrogens with zero attached hydrogens (tertiary/aromatic N) is 4. The second kappa shape index (κ2) is 9.41. The predicted molar refractivity (Wildman–Crippen MR) is 113 cm³/mol. The number of halogens is 1. The van der Waals surface area contributed by atoms with Crippen LogP contribution in [0.25, 0.3) is 0 Å². The first kappa shape index (κ1) is 21.3. The van der Waals surface area contributed by atoms with Gasteiger partial charge >= 0.3 is 0 Å². The lowest BCUT2D eigenvalue weighted by Gasteiger charge is -2.18. The third kappa shape index (κ3) is 4.96. The fourth-order valence-corrected chi connectivity index (χ4v) is 3.17. The highest BCUT2D eigenvalue weighted by Gasteiger charge is 2.14. The van der Waals surface area contributed by atoms with Crippen molar-refractivity contribution < 1.29 is 14.5 Å². The average Bonchev–Trinajstić information content (AvgIpc) is 3.19. The summed E-state index contributed by atoms with van der Waals surface area (Å²) in [5.41, 5.74) is 2.28. The molecule has 0 fully saturated rings. The van der Waals surface area contributed by atoms with Gasteiger partial charge in [-0.15, -0.1) is 0 Å². The van der Waals surface area contributed by atoms with Crippen LogP contribution in [0.2, 0.25) is 5.02 Å². The molecule has 2 aromatic carbocycles. The number of carbonyl (C=O) groups excluding carboxylic acids is 1. The van der Waals surface area contributed by atoms with Gasteiger partial charge in [0, 0.05) is 37.5 Å². The summed E-state index contributed by atoms with van der Waals surface area (Å²) >= 11 is 6.04. The summed E-state index contributed by atoms with van der Waals surface area (Å²) in [6, 6.07) is 13.0. The van der Waals surface area contributed by atoms with E-state index in [0.29, 0.717) is 17.9 Å². The van der Waals surface area contributed by atoms with E-state index in [1.807, 2.05) is 17.7 Å². The molecule has 0 unspecified atom stereocenters. The summed E-state index contributed by atoms with van der Waals surface area (Å²) in [7, 11) is 1.75. The molecule has 156 valence electrons. The first-order chi connectivity index (χ1) is 14.4. The number of nitro benzene ring substituents is 1. The summed E-state index contributed by atoms with van der Waals surface area (Å²) in [6.07, 6.45) is 1.73. The fourth-order valence-electron chi connectivity index (χ4n) is 2.94. The molecule has 0 aliphatic carbocycles. The predicted octanol–water partition coefficient (Wildman–Crippen LogP) is 4.32. The summed E-state index contributed by atoms with van der Waals surface area (Å²) < 4.78 is 7.50. The molecule has 3 aromatic rings. The van der Waals surface area contributed by atoms with Gasteiger partial charge in [-0.25, -0.2) is 0 Å². The molecule has 0 radical (unpaired) electrons. The zero-order valence-electron chi connectivity index (χ0n) is 16.6. The highest BCUT2D eigenvalue weighted by molar-refractivity contribution is 6.32. The summed E-state index contributed by atoms with van der Waals surface area (Å²) in [5.74, 6) is 0.263. The van der Waals surface area contributed by atoms with Crippen LogP contribution in [-0.2, 0) is 19.7 Å².